The van der Waals surface area contributed by atoms with Crippen LogP contribution in [0.2, 0.25) is 0 Å². The number of nitrogens with one attached hydrogen (secondary N) is 1. The van der Waals surface area contributed by atoms with Crippen LogP contribution in [0.25, 0.3) is 0 Å². The fraction of sp³-hybridized carbons (Fsp3) is 0.400. The van der Waals surface area contributed by atoms with Gasteiger partial charge in [0.2, 0.25) is 0 Å². The van der Waals surface area contributed by atoms with Gasteiger partial charge in [0, 0.05) is 12.2 Å². The Morgan fingerprint density at radius 2 is 2.16 bits per heavy atom. The lowest BCUT2D eigenvalue weighted by atomic mass is 10.4. The topological polar surface area (TPSA) is 103 Å². The third-order valence-electron chi connectivity index (χ3n) is 2.40. The molecule has 0 amide bonds. The molecular weight excluding hydrogens is 286 g/mol. The van der Waals surface area contributed by atoms with E-state index in [0.29, 0.717) is 11.4 Å². The summed E-state index contributed by atoms with van der Waals surface area (Å²) in [4.78, 5) is 3.91. The predicted molar refractivity (Wildman–Crippen MR) is 74.7 cm³/mol. The van der Waals surface area contributed by atoms with Gasteiger partial charge in [-0.2, -0.15) is 5.10 Å². The average Bonchev–Trinajstić information content (AvgIpc) is 2.85. The number of sulfonamides is 1. The molecule has 0 aliphatic rings. The van der Waals surface area contributed by atoms with Gasteiger partial charge in [0.05, 0.1) is 17.6 Å². The maximum Gasteiger partial charge on any atom is 0.273 e. The lowest BCUT2D eigenvalue weighted by molar-refractivity contribution is 0.532. The average molecular weight is 301 g/mol. The Morgan fingerprint density at radius 3 is 2.63 bits per heavy atom. The maximum atomic E-state index is 12.2. The summed E-state index contributed by atoms with van der Waals surface area (Å²) in [6, 6.07) is 0.166. The van der Waals surface area contributed by atoms with Crippen LogP contribution in [-0.2, 0) is 10.0 Å². The van der Waals surface area contributed by atoms with Crippen LogP contribution >= 0.6 is 11.3 Å². The molecule has 0 aliphatic heterocycles. The highest BCUT2D eigenvalue weighted by molar-refractivity contribution is 7.94. The number of nitrogens with two attached hydrogens (primary N) is 1. The summed E-state index contributed by atoms with van der Waals surface area (Å²) in [5.74, 6) is 0. The third-order valence-corrected chi connectivity index (χ3v) is 5.37. The first-order valence-corrected chi connectivity index (χ1v) is 7.89. The Bertz CT molecular complexity index is 687. The van der Waals surface area contributed by atoms with E-state index in [4.69, 9.17) is 5.73 Å². The number of nitrogens with zero attached hydrogens (tertiary/aromatic N) is 3. The van der Waals surface area contributed by atoms with Gasteiger partial charge in [-0.1, -0.05) is 11.3 Å². The van der Waals surface area contributed by atoms with Crippen molar-refractivity contribution in [3.63, 3.8) is 0 Å². The number of nitrogen functional groups attached to an aromatic ring is 1. The second kappa shape index (κ2) is 4.82. The van der Waals surface area contributed by atoms with E-state index in [1.807, 2.05) is 13.8 Å². The zero-order valence-electron chi connectivity index (χ0n) is 10.8. The van der Waals surface area contributed by atoms with Crippen molar-refractivity contribution >= 4 is 32.2 Å². The fourth-order valence-corrected chi connectivity index (χ4v) is 3.86. The van der Waals surface area contributed by atoms with Gasteiger partial charge in [-0.3, -0.25) is 9.40 Å². The number of rotatable bonds is 4. The molecule has 2 heterocycles. The second-order valence-corrected chi connectivity index (χ2v) is 7.24. The third kappa shape index (κ3) is 2.87. The highest BCUT2D eigenvalue weighted by Gasteiger charge is 2.22. The van der Waals surface area contributed by atoms with Crippen molar-refractivity contribution in [2.45, 2.75) is 31.0 Å². The van der Waals surface area contributed by atoms with E-state index >= 15 is 0 Å². The molecule has 104 valence electrons. The van der Waals surface area contributed by atoms with Crippen molar-refractivity contribution in [2.75, 3.05) is 10.5 Å². The first-order chi connectivity index (χ1) is 8.79. The summed E-state index contributed by atoms with van der Waals surface area (Å²) in [5.41, 5.74) is 6.32. The maximum absolute atomic E-state index is 12.2. The van der Waals surface area contributed by atoms with Crippen LogP contribution in [0.3, 0.4) is 0 Å². The molecular formula is C10H15N5O2S2. The fourth-order valence-electron chi connectivity index (χ4n) is 1.53. The quantitative estimate of drug-likeness (QED) is 0.893. The molecule has 2 rings (SSSR count). The standard InChI is InChI=1S/C10H15N5O2S2/c1-6(2)15-5-8(4-12-15)14-19(16,17)9-7(3)13-10(11)18-9/h4-6,14H,1-3H3,(H2,11,13). The molecule has 3 N–H and O–H groups in total. The van der Waals surface area contributed by atoms with Gasteiger partial charge in [-0.05, 0) is 20.8 Å². The van der Waals surface area contributed by atoms with Crippen molar-refractivity contribution in [1.29, 1.82) is 0 Å². The van der Waals surface area contributed by atoms with Gasteiger partial charge in [-0.15, -0.1) is 0 Å². The molecule has 0 saturated heterocycles. The summed E-state index contributed by atoms with van der Waals surface area (Å²) < 4.78 is 28.6. The van der Waals surface area contributed by atoms with Crippen molar-refractivity contribution in [3.8, 4) is 0 Å². The molecule has 0 bridgehead atoms. The second-order valence-electron chi connectivity index (χ2n) is 4.33. The van der Waals surface area contributed by atoms with E-state index in [1.54, 1.807) is 17.8 Å². The Balaban J connectivity index is 2.28. The molecule has 0 atom stereocenters. The molecule has 9 heteroatoms. The van der Waals surface area contributed by atoms with E-state index in [2.05, 4.69) is 14.8 Å². The normalized spacial score (nSPS) is 12.0. The summed E-state index contributed by atoms with van der Waals surface area (Å²) in [7, 11) is -3.66. The van der Waals surface area contributed by atoms with Crippen molar-refractivity contribution in [1.82, 2.24) is 14.8 Å². The Kier molecular flexibility index (Phi) is 3.50. The first kappa shape index (κ1) is 13.8. The Morgan fingerprint density at radius 1 is 1.47 bits per heavy atom. The minimum atomic E-state index is -3.66. The van der Waals surface area contributed by atoms with Crippen LogP contribution in [-0.4, -0.2) is 23.2 Å². The molecule has 0 aliphatic carbocycles. The molecule has 7 nitrogen and oxygen atoms in total. The summed E-state index contributed by atoms with van der Waals surface area (Å²) in [6.07, 6.45) is 3.11. The number of hydrogen-bond acceptors (Lipinski definition) is 6. The highest BCUT2D eigenvalue weighted by atomic mass is 32.2. The van der Waals surface area contributed by atoms with Gasteiger partial charge >= 0.3 is 0 Å². The van der Waals surface area contributed by atoms with Crippen LogP contribution in [0.5, 0.6) is 0 Å². The predicted octanol–water partition coefficient (Wildman–Crippen LogP) is 1.61. The van der Waals surface area contributed by atoms with Crippen LogP contribution < -0.4 is 10.5 Å². The highest BCUT2D eigenvalue weighted by Crippen LogP contribution is 2.26. The van der Waals surface area contributed by atoms with E-state index in [9.17, 15) is 8.42 Å². The lowest BCUT2D eigenvalue weighted by Crippen LogP contribution is -2.12. The molecule has 19 heavy (non-hydrogen) atoms. The zero-order valence-corrected chi connectivity index (χ0v) is 12.4. The minimum absolute atomic E-state index is 0.127. The number of aryl methyl sites for hydroxylation is 1. The summed E-state index contributed by atoms with van der Waals surface area (Å²) in [6.45, 7) is 5.53. The van der Waals surface area contributed by atoms with Gasteiger partial charge in [0.1, 0.15) is 0 Å². The van der Waals surface area contributed by atoms with Crippen LogP contribution in [0.15, 0.2) is 16.6 Å². The van der Waals surface area contributed by atoms with Crippen molar-refractivity contribution in [3.05, 3.63) is 18.1 Å². The SMILES string of the molecule is Cc1nc(N)sc1S(=O)(=O)Nc1cnn(C(C)C)c1. The van der Waals surface area contributed by atoms with E-state index < -0.39 is 10.0 Å². The van der Waals surface area contributed by atoms with E-state index in [0.717, 1.165) is 11.3 Å². The molecule has 0 radical (unpaired) electrons. The van der Waals surface area contributed by atoms with Crippen LogP contribution in [0.4, 0.5) is 10.8 Å². The molecule has 0 spiro atoms. The number of hydrogen-bond donors (Lipinski definition) is 2. The van der Waals surface area contributed by atoms with E-state index in [-0.39, 0.29) is 15.4 Å². The Labute approximate surface area is 115 Å². The molecule has 0 fully saturated rings. The molecule has 0 saturated carbocycles. The monoisotopic (exact) mass is 301 g/mol. The largest absolute Gasteiger partial charge is 0.375 e. The molecule has 2 aromatic heterocycles. The van der Waals surface area contributed by atoms with Crippen molar-refractivity contribution in [2.24, 2.45) is 0 Å². The zero-order chi connectivity index (χ0) is 14.2. The summed E-state index contributed by atoms with van der Waals surface area (Å²) >= 11 is 0.943. The summed E-state index contributed by atoms with van der Waals surface area (Å²) in [5, 5.41) is 4.31. The minimum Gasteiger partial charge on any atom is -0.375 e. The number of thiazole rings is 1. The Hall–Kier alpha value is -1.61. The molecule has 0 unspecified atom stereocenters. The molecule has 2 aromatic rings. The van der Waals surface area contributed by atoms with Crippen LogP contribution in [0, 0.1) is 6.92 Å². The van der Waals surface area contributed by atoms with Gasteiger partial charge in [-0.25, -0.2) is 13.4 Å². The molecule has 0 aromatic carbocycles. The van der Waals surface area contributed by atoms with Gasteiger partial charge < -0.3 is 5.73 Å². The van der Waals surface area contributed by atoms with Gasteiger partial charge in [0.15, 0.2) is 9.34 Å². The smallest absolute Gasteiger partial charge is 0.273 e. The van der Waals surface area contributed by atoms with Crippen LogP contribution in [0.1, 0.15) is 25.6 Å². The van der Waals surface area contributed by atoms with Crippen molar-refractivity contribution < 1.29 is 8.42 Å². The van der Waals surface area contributed by atoms with E-state index in [1.165, 1.54) is 6.20 Å². The lowest BCUT2D eigenvalue weighted by Gasteiger charge is -2.05. The van der Waals surface area contributed by atoms with Gasteiger partial charge in [0.25, 0.3) is 10.0 Å². The number of aromatic nitrogens is 3. The number of anilines is 2. The first-order valence-electron chi connectivity index (χ1n) is 5.59.